The molecular weight excluding hydrogens is 194 g/mol. The Morgan fingerprint density at radius 3 is 2.79 bits per heavy atom. The van der Waals surface area contributed by atoms with E-state index >= 15 is 0 Å². The highest BCUT2D eigenvalue weighted by Gasteiger charge is 2.12. The van der Waals surface area contributed by atoms with Gasteiger partial charge in [-0.05, 0) is 12.1 Å². The van der Waals surface area contributed by atoms with Crippen molar-refractivity contribution < 1.29 is 18.7 Å². The number of carbonyl (C=O) groups is 1. The average molecular weight is 202 g/mol. The number of alkyl halides is 2. The second-order valence-corrected chi connectivity index (χ2v) is 2.59. The molecule has 4 nitrogen and oxygen atoms in total. The molecule has 0 aliphatic heterocycles. The van der Waals surface area contributed by atoms with Crippen LogP contribution in [0.2, 0.25) is 0 Å². The number of halogens is 2. The molecule has 1 N–H and O–H groups in total. The fourth-order valence-electron chi connectivity index (χ4n) is 0.947. The molecule has 1 aromatic heterocycles. The van der Waals surface area contributed by atoms with Crippen LogP contribution < -0.4 is 0 Å². The Bertz CT molecular complexity index is 371. The minimum absolute atomic E-state index is 0.199. The van der Waals surface area contributed by atoms with E-state index in [1.54, 1.807) is 0 Å². The van der Waals surface area contributed by atoms with Gasteiger partial charge in [-0.25, -0.2) is 13.6 Å². The summed E-state index contributed by atoms with van der Waals surface area (Å²) >= 11 is 0. The van der Waals surface area contributed by atoms with Gasteiger partial charge in [0.15, 0.2) is 0 Å². The zero-order valence-electron chi connectivity index (χ0n) is 7.32. The van der Waals surface area contributed by atoms with Crippen LogP contribution in [0.1, 0.15) is 17.8 Å². The van der Waals surface area contributed by atoms with Gasteiger partial charge in [-0.15, -0.1) is 0 Å². The van der Waals surface area contributed by atoms with Gasteiger partial charge in [0.2, 0.25) is 0 Å². The van der Waals surface area contributed by atoms with Crippen LogP contribution in [0.5, 0.6) is 0 Å². The van der Waals surface area contributed by atoms with Crippen molar-refractivity contribution in [2.24, 2.45) is 7.05 Å². The number of aliphatic carboxylic acids is 1. The van der Waals surface area contributed by atoms with Crippen LogP contribution >= 0.6 is 0 Å². The molecule has 0 fully saturated rings. The van der Waals surface area contributed by atoms with Crippen molar-refractivity contribution in [2.45, 2.75) is 6.43 Å². The number of nitrogens with zero attached hydrogens (tertiary/aromatic N) is 2. The normalized spacial score (nSPS) is 11.4. The first-order chi connectivity index (χ1) is 6.50. The third-order valence-electron chi connectivity index (χ3n) is 1.56. The third-order valence-corrected chi connectivity index (χ3v) is 1.56. The number of rotatable bonds is 3. The van der Waals surface area contributed by atoms with E-state index in [4.69, 9.17) is 5.11 Å². The lowest BCUT2D eigenvalue weighted by Crippen LogP contribution is -1.97. The maximum absolute atomic E-state index is 12.2. The van der Waals surface area contributed by atoms with E-state index in [1.807, 2.05) is 0 Å². The van der Waals surface area contributed by atoms with Gasteiger partial charge in [-0.2, -0.15) is 5.10 Å². The maximum Gasteiger partial charge on any atom is 0.328 e. The van der Waals surface area contributed by atoms with E-state index in [1.165, 1.54) is 7.05 Å². The van der Waals surface area contributed by atoms with Crippen molar-refractivity contribution in [3.8, 4) is 0 Å². The van der Waals surface area contributed by atoms with Gasteiger partial charge in [0.1, 0.15) is 5.69 Å². The molecule has 0 spiro atoms. The van der Waals surface area contributed by atoms with Crippen molar-refractivity contribution in [1.82, 2.24) is 9.78 Å². The highest BCUT2D eigenvalue weighted by Crippen LogP contribution is 2.19. The van der Waals surface area contributed by atoms with Crippen LogP contribution in [0.3, 0.4) is 0 Å². The average Bonchev–Trinajstić information content (AvgIpc) is 2.43. The zero-order chi connectivity index (χ0) is 10.7. The molecule has 0 unspecified atom stereocenters. The van der Waals surface area contributed by atoms with Crippen molar-refractivity contribution in [1.29, 1.82) is 0 Å². The Hall–Kier alpha value is -1.72. The van der Waals surface area contributed by atoms with Gasteiger partial charge in [-0.3, -0.25) is 4.68 Å². The Labute approximate surface area is 78.5 Å². The first-order valence-electron chi connectivity index (χ1n) is 3.74. The van der Waals surface area contributed by atoms with E-state index < -0.39 is 12.4 Å². The Kier molecular flexibility index (Phi) is 2.95. The molecule has 0 saturated carbocycles. The molecule has 0 radical (unpaired) electrons. The molecule has 0 atom stereocenters. The van der Waals surface area contributed by atoms with Gasteiger partial charge < -0.3 is 5.11 Å². The SMILES string of the molecule is Cn1nc(/C=C/C(=O)O)cc1C(F)F. The molecule has 6 heteroatoms. The third kappa shape index (κ3) is 2.38. The molecule has 1 aromatic rings. The highest BCUT2D eigenvalue weighted by atomic mass is 19.3. The van der Waals surface area contributed by atoms with Crippen molar-refractivity contribution in [3.63, 3.8) is 0 Å². The summed E-state index contributed by atoms with van der Waals surface area (Å²) < 4.78 is 25.5. The summed E-state index contributed by atoms with van der Waals surface area (Å²) in [4.78, 5) is 10.1. The van der Waals surface area contributed by atoms with E-state index in [0.29, 0.717) is 0 Å². The summed E-state index contributed by atoms with van der Waals surface area (Å²) in [5, 5.41) is 12.0. The Morgan fingerprint density at radius 2 is 2.36 bits per heavy atom. The number of hydrogen-bond acceptors (Lipinski definition) is 2. The predicted octanol–water partition coefficient (Wildman–Crippen LogP) is 1.46. The molecule has 76 valence electrons. The monoisotopic (exact) mass is 202 g/mol. The van der Waals surface area contributed by atoms with Crippen LogP contribution in [-0.4, -0.2) is 20.9 Å². The predicted molar refractivity (Wildman–Crippen MR) is 44.8 cm³/mol. The van der Waals surface area contributed by atoms with Crippen LogP contribution in [-0.2, 0) is 11.8 Å². The molecule has 0 saturated heterocycles. The first-order valence-corrected chi connectivity index (χ1v) is 3.74. The number of hydrogen-bond donors (Lipinski definition) is 1. The minimum atomic E-state index is -2.61. The molecule has 14 heavy (non-hydrogen) atoms. The zero-order valence-corrected chi connectivity index (χ0v) is 7.32. The second kappa shape index (κ2) is 3.99. The van der Waals surface area contributed by atoms with Crippen LogP contribution in [0.15, 0.2) is 12.1 Å². The maximum atomic E-state index is 12.2. The fraction of sp³-hybridized carbons (Fsp3) is 0.250. The lowest BCUT2D eigenvalue weighted by atomic mass is 10.3. The molecule has 0 aromatic carbocycles. The van der Waals surface area contributed by atoms with Crippen LogP contribution in [0.25, 0.3) is 6.08 Å². The highest BCUT2D eigenvalue weighted by molar-refractivity contribution is 5.84. The van der Waals surface area contributed by atoms with Gasteiger partial charge in [-0.1, -0.05) is 0 Å². The summed E-state index contributed by atoms with van der Waals surface area (Å²) in [5.41, 5.74) is -0.0414. The summed E-state index contributed by atoms with van der Waals surface area (Å²) in [6.45, 7) is 0. The van der Waals surface area contributed by atoms with Crippen molar-refractivity contribution >= 4 is 12.0 Å². The molecular formula is C8H8F2N2O2. The summed E-state index contributed by atoms with van der Waals surface area (Å²) in [7, 11) is 1.37. The number of aryl methyl sites for hydroxylation is 1. The van der Waals surface area contributed by atoms with Crippen molar-refractivity contribution in [2.75, 3.05) is 0 Å². The molecule has 1 rings (SSSR count). The van der Waals surface area contributed by atoms with E-state index in [2.05, 4.69) is 5.10 Å². The molecule has 0 bridgehead atoms. The quantitative estimate of drug-likeness (QED) is 0.755. The van der Waals surface area contributed by atoms with E-state index in [0.717, 1.165) is 22.9 Å². The second-order valence-electron chi connectivity index (χ2n) is 2.59. The lowest BCUT2D eigenvalue weighted by Gasteiger charge is -1.96. The van der Waals surface area contributed by atoms with Gasteiger partial charge in [0.05, 0.1) is 5.69 Å². The number of carboxylic acid groups (broad SMARTS) is 1. The molecule has 0 amide bonds. The van der Waals surface area contributed by atoms with Gasteiger partial charge in [0, 0.05) is 13.1 Å². The summed E-state index contributed by atoms with van der Waals surface area (Å²) in [5.74, 6) is -1.14. The smallest absolute Gasteiger partial charge is 0.328 e. The fourth-order valence-corrected chi connectivity index (χ4v) is 0.947. The first kappa shape index (κ1) is 10.4. The Morgan fingerprint density at radius 1 is 1.71 bits per heavy atom. The van der Waals surface area contributed by atoms with Gasteiger partial charge >= 0.3 is 5.97 Å². The lowest BCUT2D eigenvalue weighted by molar-refractivity contribution is -0.131. The summed E-state index contributed by atoms with van der Waals surface area (Å²) in [6, 6.07) is 1.14. The number of carboxylic acids is 1. The topological polar surface area (TPSA) is 55.1 Å². The summed E-state index contributed by atoms with van der Waals surface area (Å²) in [6.07, 6.45) is -0.606. The standard InChI is InChI=1S/C8H8F2N2O2/c1-12-6(8(9)10)4-5(11-12)2-3-7(13)14/h2-4,8H,1H3,(H,13,14)/b3-2+. The van der Waals surface area contributed by atoms with Gasteiger partial charge in [0.25, 0.3) is 6.43 Å². The molecule has 0 aliphatic carbocycles. The number of aromatic nitrogens is 2. The molecule has 1 heterocycles. The van der Waals surface area contributed by atoms with E-state index in [9.17, 15) is 13.6 Å². The molecule has 0 aliphatic rings. The van der Waals surface area contributed by atoms with Crippen LogP contribution in [0.4, 0.5) is 8.78 Å². The Balaban J connectivity index is 2.91. The minimum Gasteiger partial charge on any atom is -0.478 e. The van der Waals surface area contributed by atoms with Crippen molar-refractivity contribution in [3.05, 3.63) is 23.5 Å². The van der Waals surface area contributed by atoms with Crippen LogP contribution in [0, 0.1) is 0 Å². The van der Waals surface area contributed by atoms with E-state index in [-0.39, 0.29) is 11.4 Å². The largest absolute Gasteiger partial charge is 0.478 e.